The molecule has 2 heteroatoms. The summed E-state index contributed by atoms with van der Waals surface area (Å²) in [5, 5.41) is 5.89. The molecule has 1 N–H and O–H groups in total. The van der Waals surface area contributed by atoms with Crippen molar-refractivity contribution in [1.29, 1.82) is 0 Å². The second-order valence-corrected chi connectivity index (χ2v) is 6.94. The minimum absolute atomic E-state index is 0.637. The van der Waals surface area contributed by atoms with Crippen molar-refractivity contribution >= 4 is 11.3 Å². The molecule has 1 aromatic carbocycles. The first-order valence-electron chi connectivity index (χ1n) is 7.63. The van der Waals surface area contributed by atoms with Gasteiger partial charge in [0.15, 0.2) is 0 Å². The summed E-state index contributed by atoms with van der Waals surface area (Å²) in [6, 6.07) is 14.2. The highest BCUT2D eigenvalue weighted by Gasteiger charge is 2.22. The van der Waals surface area contributed by atoms with E-state index < -0.39 is 0 Å². The monoisotopic (exact) mass is 285 g/mol. The Bertz CT molecular complexity index is 528. The molecule has 0 aliphatic heterocycles. The summed E-state index contributed by atoms with van der Waals surface area (Å²) >= 11 is 1.88. The molecule has 1 nitrogen and oxygen atoms in total. The fourth-order valence-corrected chi connectivity index (χ4v) is 3.40. The molecule has 0 amide bonds. The zero-order valence-corrected chi connectivity index (χ0v) is 13.0. The Kier molecular flexibility index (Phi) is 4.54. The van der Waals surface area contributed by atoms with Crippen molar-refractivity contribution in [2.45, 2.75) is 44.6 Å². The standard InChI is InChI=1S/C18H23NS/c1-14-4-2-5-15(12-14)16(13-19-17-8-9-17)7-10-18-6-3-11-20-18/h2-6,11-12,16-17,19H,7-10,13H2,1H3. The van der Waals surface area contributed by atoms with Crippen molar-refractivity contribution in [3.63, 3.8) is 0 Å². The molecular formula is C18H23NS. The molecule has 1 fully saturated rings. The Hall–Kier alpha value is -1.12. The smallest absolute Gasteiger partial charge is 0.00684 e. The van der Waals surface area contributed by atoms with Crippen molar-refractivity contribution in [3.05, 3.63) is 57.8 Å². The Balaban J connectivity index is 1.65. The highest BCUT2D eigenvalue weighted by molar-refractivity contribution is 7.09. The molecule has 106 valence electrons. The molecular weight excluding hydrogens is 262 g/mol. The van der Waals surface area contributed by atoms with Gasteiger partial charge >= 0.3 is 0 Å². The summed E-state index contributed by atoms with van der Waals surface area (Å²) in [4.78, 5) is 1.51. The van der Waals surface area contributed by atoms with Crippen LogP contribution in [0.2, 0.25) is 0 Å². The molecule has 20 heavy (non-hydrogen) atoms. The topological polar surface area (TPSA) is 12.0 Å². The lowest BCUT2D eigenvalue weighted by molar-refractivity contribution is 0.549. The fourth-order valence-electron chi connectivity index (χ4n) is 2.68. The molecule has 1 saturated carbocycles. The van der Waals surface area contributed by atoms with Gasteiger partial charge in [-0.15, -0.1) is 11.3 Å². The summed E-state index contributed by atoms with van der Waals surface area (Å²) in [5.41, 5.74) is 2.87. The minimum Gasteiger partial charge on any atom is -0.313 e. The predicted octanol–water partition coefficient (Wildman–Crippen LogP) is 4.52. The first kappa shape index (κ1) is 13.8. The van der Waals surface area contributed by atoms with Gasteiger partial charge in [0, 0.05) is 17.5 Å². The zero-order chi connectivity index (χ0) is 13.8. The average Bonchev–Trinajstić information content (AvgIpc) is 3.13. The van der Waals surface area contributed by atoms with E-state index in [2.05, 4.69) is 54.0 Å². The third kappa shape index (κ3) is 3.94. The second kappa shape index (κ2) is 6.55. The molecule has 1 aliphatic rings. The average molecular weight is 285 g/mol. The van der Waals surface area contributed by atoms with E-state index in [0.29, 0.717) is 5.92 Å². The van der Waals surface area contributed by atoms with E-state index in [-0.39, 0.29) is 0 Å². The van der Waals surface area contributed by atoms with Crippen molar-refractivity contribution in [1.82, 2.24) is 5.32 Å². The van der Waals surface area contributed by atoms with Gasteiger partial charge in [-0.1, -0.05) is 35.9 Å². The van der Waals surface area contributed by atoms with Gasteiger partial charge in [0.25, 0.3) is 0 Å². The van der Waals surface area contributed by atoms with Gasteiger partial charge in [-0.2, -0.15) is 0 Å². The summed E-state index contributed by atoms with van der Waals surface area (Å²) in [7, 11) is 0. The number of nitrogens with one attached hydrogen (secondary N) is 1. The van der Waals surface area contributed by atoms with E-state index in [1.165, 1.54) is 41.7 Å². The molecule has 0 bridgehead atoms. The molecule has 0 radical (unpaired) electrons. The lowest BCUT2D eigenvalue weighted by Gasteiger charge is -2.18. The highest BCUT2D eigenvalue weighted by Crippen LogP contribution is 2.26. The normalized spacial score (nSPS) is 16.2. The van der Waals surface area contributed by atoms with Gasteiger partial charge in [0.1, 0.15) is 0 Å². The van der Waals surface area contributed by atoms with E-state index in [0.717, 1.165) is 12.6 Å². The third-order valence-corrected chi connectivity index (χ3v) is 5.00. The Morgan fingerprint density at radius 2 is 2.15 bits per heavy atom. The van der Waals surface area contributed by atoms with Crippen LogP contribution in [0.4, 0.5) is 0 Å². The summed E-state index contributed by atoms with van der Waals surface area (Å²) in [6.07, 6.45) is 5.17. The molecule has 1 aromatic heterocycles. The predicted molar refractivity (Wildman–Crippen MR) is 87.6 cm³/mol. The van der Waals surface area contributed by atoms with Gasteiger partial charge in [0.2, 0.25) is 0 Å². The molecule has 1 aliphatic carbocycles. The van der Waals surface area contributed by atoms with Crippen molar-refractivity contribution < 1.29 is 0 Å². The highest BCUT2D eigenvalue weighted by atomic mass is 32.1. The number of rotatable bonds is 7. The first-order chi connectivity index (χ1) is 9.81. The number of aryl methyl sites for hydroxylation is 2. The Labute approximate surface area is 126 Å². The van der Waals surface area contributed by atoms with Crippen LogP contribution in [-0.2, 0) is 6.42 Å². The van der Waals surface area contributed by atoms with Gasteiger partial charge < -0.3 is 5.32 Å². The maximum atomic E-state index is 3.71. The van der Waals surface area contributed by atoms with Crippen LogP contribution in [0.3, 0.4) is 0 Å². The van der Waals surface area contributed by atoms with E-state index in [1.807, 2.05) is 11.3 Å². The number of hydrogen-bond acceptors (Lipinski definition) is 2. The van der Waals surface area contributed by atoms with Gasteiger partial charge in [-0.05, 0) is 55.5 Å². The van der Waals surface area contributed by atoms with Gasteiger partial charge in [-0.3, -0.25) is 0 Å². The lowest BCUT2D eigenvalue weighted by atomic mass is 9.92. The Morgan fingerprint density at radius 3 is 2.85 bits per heavy atom. The Morgan fingerprint density at radius 1 is 1.25 bits per heavy atom. The summed E-state index contributed by atoms with van der Waals surface area (Å²) in [5.74, 6) is 0.637. The summed E-state index contributed by atoms with van der Waals surface area (Å²) in [6.45, 7) is 3.31. The van der Waals surface area contributed by atoms with Crippen LogP contribution in [0, 0.1) is 6.92 Å². The summed E-state index contributed by atoms with van der Waals surface area (Å²) < 4.78 is 0. The van der Waals surface area contributed by atoms with Gasteiger partial charge in [-0.25, -0.2) is 0 Å². The number of thiophene rings is 1. The largest absolute Gasteiger partial charge is 0.313 e. The van der Waals surface area contributed by atoms with E-state index in [4.69, 9.17) is 0 Å². The molecule has 1 heterocycles. The van der Waals surface area contributed by atoms with Crippen LogP contribution in [0.15, 0.2) is 41.8 Å². The van der Waals surface area contributed by atoms with Crippen LogP contribution in [-0.4, -0.2) is 12.6 Å². The molecule has 3 rings (SSSR count). The second-order valence-electron chi connectivity index (χ2n) is 5.91. The minimum atomic E-state index is 0.637. The number of benzene rings is 1. The molecule has 2 aromatic rings. The zero-order valence-electron chi connectivity index (χ0n) is 12.1. The van der Waals surface area contributed by atoms with Crippen LogP contribution in [0.1, 0.15) is 41.2 Å². The molecule has 0 spiro atoms. The van der Waals surface area contributed by atoms with Crippen molar-refractivity contribution in [3.8, 4) is 0 Å². The maximum absolute atomic E-state index is 3.71. The quantitative estimate of drug-likeness (QED) is 0.788. The first-order valence-corrected chi connectivity index (χ1v) is 8.51. The third-order valence-electron chi connectivity index (χ3n) is 4.06. The van der Waals surface area contributed by atoms with Crippen LogP contribution >= 0.6 is 11.3 Å². The van der Waals surface area contributed by atoms with Crippen LogP contribution in [0.25, 0.3) is 0 Å². The SMILES string of the molecule is Cc1cccc(C(CCc2cccs2)CNC2CC2)c1. The molecule has 1 atom stereocenters. The molecule has 0 saturated heterocycles. The van der Waals surface area contributed by atoms with Crippen LogP contribution in [0.5, 0.6) is 0 Å². The van der Waals surface area contributed by atoms with E-state index >= 15 is 0 Å². The molecule has 1 unspecified atom stereocenters. The van der Waals surface area contributed by atoms with Gasteiger partial charge in [0.05, 0.1) is 0 Å². The van der Waals surface area contributed by atoms with Crippen molar-refractivity contribution in [2.24, 2.45) is 0 Å². The number of hydrogen-bond donors (Lipinski definition) is 1. The lowest BCUT2D eigenvalue weighted by Crippen LogP contribution is -2.24. The van der Waals surface area contributed by atoms with Crippen molar-refractivity contribution in [2.75, 3.05) is 6.54 Å². The van der Waals surface area contributed by atoms with E-state index in [9.17, 15) is 0 Å². The van der Waals surface area contributed by atoms with E-state index in [1.54, 1.807) is 0 Å². The fraction of sp³-hybridized carbons (Fsp3) is 0.444. The van der Waals surface area contributed by atoms with Crippen LogP contribution < -0.4 is 5.32 Å². The maximum Gasteiger partial charge on any atom is 0.00684 e.